The molecule has 108 valence electrons. The van der Waals surface area contributed by atoms with E-state index in [2.05, 4.69) is 59.6 Å². The Hall–Kier alpha value is -1.68. The Morgan fingerprint density at radius 3 is 2.65 bits per heavy atom. The van der Waals surface area contributed by atoms with Gasteiger partial charge in [0.1, 0.15) is 12.2 Å². The zero-order valence-corrected chi connectivity index (χ0v) is 12.4. The normalized spacial score (nSPS) is 12.5. The highest BCUT2D eigenvalue weighted by Crippen LogP contribution is 2.17. The van der Waals surface area contributed by atoms with E-state index in [-0.39, 0.29) is 0 Å². The second-order valence-electron chi connectivity index (χ2n) is 5.02. The van der Waals surface area contributed by atoms with Gasteiger partial charge < -0.3 is 5.32 Å². The van der Waals surface area contributed by atoms with Crippen LogP contribution in [0.1, 0.15) is 44.1 Å². The maximum atomic E-state index is 4.42. The molecule has 0 aliphatic carbocycles. The van der Waals surface area contributed by atoms with Gasteiger partial charge in [-0.2, -0.15) is 5.10 Å². The lowest BCUT2D eigenvalue weighted by Crippen LogP contribution is -2.25. The van der Waals surface area contributed by atoms with Crippen LogP contribution in [0.4, 0.5) is 0 Å². The van der Waals surface area contributed by atoms with Gasteiger partial charge >= 0.3 is 0 Å². The number of nitrogens with zero attached hydrogens (tertiary/aromatic N) is 3. The van der Waals surface area contributed by atoms with Crippen molar-refractivity contribution in [2.45, 2.75) is 45.7 Å². The van der Waals surface area contributed by atoms with Crippen LogP contribution < -0.4 is 5.32 Å². The quantitative estimate of drug-likeness (QED) is 0.803. The molecule has 20 heavy (non-hydrogen) atoms. The van der Waals surface area contributed by atoms with Crippen molar-refractivity contribution in [2.24, 2.45) is 0 Å². The summed E-state index contributed by atoms with van der Waals surface area (Å²) in [6.07, 6.45) is 4.75. The smallest absolute Gasteiger partial charge is 0.138 e. The van der Waals surface area contributed by atoms with Gasteiger partial charge in [-0.15, -0.1) is 0 Å². The standard InChI is InChI=1S/C16H24N4/c1-3-10-17-15(14-8-6-5-7-9-14)12-16-18-13-19-20(16)11-4-2/h5-9,13,15,17H,3-4,10-12H2,1-2H3. The molecule has 1 aromatic heterocycles. The second-order valence-corrected chi connectivity index (χ2v) is 5.02. The predicted octanol–water partition coefficient (Wildman–Crippen LogP) is 2.97. The molecule has 2 rings (SSSR count). The van der Waals surface area contributed by atoms with Gasteiger partial charge in [0.25, 0.3) is 0 Å². The van der Waals surface area contributed by atoms with Crippen LogP contribution in [-0.2, 0) is 13.0 Å². The van der Waals surface area contributed by atoms with Gasteiger partial charge in [-0.25, -0.2) is 4.98 Å². The summed E-state index contributed by atoms with van der Waals surface area (Å²) in [7, 11) is 0. The number of aromatic nitrogens is 3. The molecule has 0 saturated heterocycles. The molecular formula is C16H24N4. The SMILES string of the molecule is CCCNC(Cc1ncnn1CCC)c1ccccc1. The molecule has 0 amide bonds. The predicted molar refractivity (Wildman–Crippen MR) is 81.5 cm³/mol. The van der Waals surface area contributed by atoms with Crippen LogP contribution in [-0.4, -0.2) is 21.3 Å². The number of rotatable bonds is 8. The molecule has 1 aromatic carbocycles. The molecule has 0 spiro atoms. The molecule has 1 atom stereocenters. The third-order valence-corrected chi connectivity index (χ3v) is 3.36. The molecule has 1 N–H and O–H groups in total. The highest BCUT2D eigenvalue weighted by atomic mass is 15.3. The number of hydrogen-bond acceptors (Lipinski definition) is 3. The number of nitrogens with one attached hydrogen (secondary N) is 1. The molecule has 2 aromatic rings. The van der Waals surface area contributed by atoms with Gasteiger partial charge in [0, 0.05) is 19.0 Å². The Balaban J connectivity index is 2.13. The topological polar surface area (TPSA) is 42.7 Å². The molecule has 0 aliphatic heterocycles. The largest absolute Gasteiger partial charge is 0.310 e. The Morgan fingerprint density at radius 1 is 1.15 bits per heavy atom. The lowest BCUT2D eigenvalue weighted by Gasteiger charge is -2.19. The van der Waals surface area contributed by atoms with Gasteiger partial charge in [-0.1, -0.05) is 44.2 Å². The summed E-state index contributed by atoms with van der Waals surface area (Å²) in [5.74, 6) is 1.06. The molecular weight excluding hydrogens is 248 g/mol. The van der Waals surface area contributed by atoms with Crippen molar-refractivity contribution in [1.29, 1.82) is 0 Å². The summed E-state index contributed by atoms with van der Waals surface area (Å²) in [5.41, 5.74) is 1.31. The monoisotopic (exact) mass is 272 g/mol. The van der Waals surface area contributed by atoms with Gasteiger partial charge in [-0.3, -0.25) is 4.68 Å². The molecule has 1 heterocycles. The third kappa shape index (κ3) is 3.90. The number of hydrogen-bond donors (Lipinski definition) is 1. The van der Waals surface area contributed by atoms with Crippen LogP contribution >= 0.6 is 0 Å². The first-order valence-electron chi connectivity index (χ1n) is 7.50. The average molecular weight is 272 g/mol. The van der Waals surface area contributed by atoms with Crippen molar-refractivity contribution < 1.29 is 0 Å². The summed E-state index contributed by atoms with van der Waals surface area (Å²) in [4.78, 5) is 4.42. The van der Waals surface area contributed by atoms with Crippen molar-refractivity contribution in [3.63, 3.8) is 0 Å². The Bertz CT molecular complexity index is 492. The van der Waals surface area contributed by atoms with E-state index in [4.69, 9.17) is 0 Å². The van der Waals surface area contributed by atoms with E-state index in [0.717, 1.165) is 38.2 Å². The Labute approximate surface area is 121 Å². The third-order valence-electron chi connectivity index (χ3n) is 3.36. The zero-order chi connectivity index (χ0) is 14.2. The second kappa shape index (κ2) is 7.80. The molecule has 1 unspecified atom stereocenters. The maximum Gasteiger partial charge on any atom is 0.138 e. The lowest BCUT2D eigenvalue weighted by atomic mass is 10.0. The fourth-order valence-corrected chi connectivity index (χ4v) is 2.34. The molecule has 0 radical (unpaired) electrons. The minimum Gasteiger partial charge on any atom is -0.310 e. The summed E-state index contributed by atoms with van der Waals surface area (Å²) in [6.45, 7) is 6.30. The van der Waals surface area contributed by atoms with E-state index in [9.17, 15) is 0 Å². The lowest BCUT2D eigenvalue weighted by molar-refractivity contribution is 0.488. The van der Waals surface area contributed by atoms with E-state index in [0.29, 0.717) is 6.04 Å². The van der Waals surface area contributed by atoms with Crippen LogP contribution in [0.25, 0.3) is 0 Å². The van der Waals surface area contributed by atoms with Crippen molar-refractivity contribution in [2.75, 3.05) is 6.54 Å². The average Bonchev–Trinajstić information content (AvgIpc) is 2.92. The zero-order valence-electron chi connectivity index (χ0n) is 12.4. The van der Waals surface area contributed by atoms with Crippen LogP contribution in [0.3, 0.4) is 0 Å². The fraction of sp³-hybridized carbons (Fsp3) is 0.500. The molecule has 4 nitrogen and oxygen atoms in total. The van der Waals surface area contributed by atoms with Crippen molar-refractivity contribution >= 4 is 0 Å². The molecule has 0 bridgehead atoms. The minimum absolute atomic E-state index is 0.302. The summed E-state index contributed by atoms with van der Waals surface area (Å²) in [6, 6.07) is 10.9. The van der Waals surface area contributed by atoms with Crippen molar-refractivity contribution in [1.82, 2.24) is 20.1 Å². The summed E-state index contributed by atoms with van der Waals surface area (Å²) >= 11 is 0. The molecule has 0 aliphatic rings. The summed E-state index contributed by atoms with van der Waals surface area (Å²) < 4.78 is 2.02. The van der Waals surface area contributed by atoms with E-state index < -0.39 is 0 Å². The fourth-order valence-electron chi connectivity index (χ4n) is 2.34. The van der Waals surface area contributed by atoms with Gasteiger partial charge in [-0.05, 0) is 24.9 Å². The van der Waals surface area contributed by atoms with E-state index in [1.54, 1.807) is 6.33 Å². The van der Waals surface area contributed by atoms with Gasteiger partial charge in [0.2, 0.25) is 0 Å². The van der Waals surface area contributed by atoms with E-state index in [1.807, 2.05) is 4.68 Å². The highest BCUT2D eigenvalue weighted by Gasteiger charge is 2.14. The molecule has 0 saturated carbocycles. The van der Waals surface area contributed by atoms with Gasteiger partial charge in [0.05, 0.1) is 0 Å². The van der Waals surface area contributed by atoms with Crippen LogP contribution in [0.2, 0.25) is 0 Å². The van der Waals surface area contributed by atoms with Gasteiger partial charge in [0.15, 0.2) is 0 Å². The maximum absolute atomic E-state index is 4.42. The Morgan fingerprint density at radius 2 is 1.95 bits per heavy atom. The molecule has 0 fully saturated rings. The minimum atomic E-state index is 0.302. The van der Waals surface area contributed by atoms with Crippen molar-refractivity contribution in [3.8, 4) is 0 Å². The number of aryl methyl sites for hydroxylation is 1. The van der Waals surface area contributed by atoms with E-state index >= 15 is 0 Å². The summed E-state index contributed by atoms with van der Waals surface area (Å²) in [5, 5.41) is 7.92. The highest BCUT2D eigenvalue weighted by molar-refractivity contribution is 5.20. The first kappa shape index (κ1) is 14.7. The van der Waals surface area contributed by atoms with Crippen molar-refractivity contribution in [3.05, 3.63) is 48.0 Å². The molecule has 4 heteroatoms. The van der Waals surface area contributed by atoms with Crippen LogP contribution in [0, 0.1) is 0 Å². The number of benzene rings is 1. The first-order chi connectivity index (χ1) is 9.85. The van der Waals surface area contributed by atoms with Crippen LogP contribution in [0.5, 0.6) is 0 Å². The van der Waals surface area contributed by atoms with E-state index in [1.165, 1.54) is 5.56 Å². The Kier molecular flexibility index (Phi) is 5.74. The van der Waals surface area contributed by atoms with Crippen LogP contribution in [0.15, 0.2) is 36.7 Å². The first-order valence-corrected chi connectivity index (χ1v) is 7.50.